The van der Waals surface area contributed by atoms with E-state index in [2.05, 4.69) is 36.2 Å². The Labute approximate surface area is 104 Å². The SMILES string of the molecule is Cc1ccccc1CCN=C(N)C1CCCC1. The maximum absolute atomic E-state index is 6.03. The van der Waals surface area contributed by atoms with Gasteiger partial charge in [-0.3, -0.25) is 4.99 Å². The smallest absolute Gasteiger partial charge is 0.0968 e. The summed E-state index contributed by atoms with van der Waals surface area (Å²) in [7, 11) is 0. The first-order valence-corrected chi connectivity index (χ1v) is 6.61. The summed E-state index contributed by atoms with van der Waals surface area (Å²) in [6, 6.07) is 8.50. The predicted molar refractivity (Wildman–Crippen MR) is 73.3 cm³/mol. The van der Waals surface area contributed by atoms with Gasteiger partial charge < -0.3 is 5.73 Å². The highest BCUT2D eigenvalue weighted by atomic mass is 14.9. The van der Waals surface area contributed by atoms with E-state index in [0.29, 0.717) is 5.92 Å². The molecular formula is C15H22N2. The molecule has 2 nitrogen and oxygen atoms in total. The van der Waals surface area contributed by atoms with E-state index in [9.17, 15) is 0 Å². The van der Waals surface area contributed by atoms with Crippen LogP contribution < -0.4 is 5.73 Å². The maximum Gasteiger partial charge on any atom is 0.0968 e. The van der Waals surface area contributed by atoms with Crippen LogP contribution >= 0.6 is 0 Å². The third kappa shape index (κ3) is 3.32. The van der Waals surface area contributed by atoms with Crippen molar-refractivity contribution in [3.05, 3.63) is 35.4 Å². The highest BCUT2D eigenvalue weighted by Crippen LogP contribution is 2.24. The van der Waals surface area contributed by atoms with Crippen LogP contribution in [0.1, 0.15) is 36.8 Å². The van der Waals surface area contributed by atoms with Crippen molar-refractivity contribution in [3.8, 4) is 0 Å². The van der Waals surface area contributed by atoms with Crippen LogP contribution in [0, 0.1) is 12.8 Å². The van der Waals surface area contributed by atoms with Crippen molar-refractivity contribution in [2.75, 3.05) is 6.54 Å². The predicted octanol–water partition coefficient (Wildman–Crippen LogP) is 3.08. The Kier molecular flexibility index (Phi) is 4.18. The highest BCUT2D eigenvalue weighted by molar-refractivity contribution is 5.83. The molecule has 1 aliphatic rings. The molecule has 2 heteroatoms. The molecule has 1 aromatic carbocycles. The molecule has 0 amide bonds. The average molecular weight is 230 g/mol. The monoisotopic (exact) mass is 230 g/mol. The number of nitrogens with two attached hydrogens (primary N) is 1. The zero-order valence-corrected chi connectivity index (χ0v) is 10.7. The second kappa shape index (κ2) is 5.85. The van der Waals surface area contributed by atoms with Crippen molar-refractivity contribution in [2.24, 2.45) is 16.6 Å². The molecule has 1 saturated carbocycles. The third-order valence-corrected chi connectivity index (χ3v) is 3.71. The number of rotatable bonds is 4. The molecule has 0 aromatic heterocycles. The van der Waals surface area contributed by atoms with Gasteiger partial charge in [-0.25, -0.2) is 0 Å². The van der Waals surface area contributed by atoms with Crippen LogP contribution in [-0.2, 0) is 6.42 Å². The molecule has 1 aliphatic carbocycles. The van der Waals surface area contributed by atoms with Crippen LogP contribution in [0.3, 0.4) is 0 Å². The standard InChI is InChI=1S/C15H22N2/c1-12-6-2-3-7-13(12)10-11-17-15(16)14-8-4-5-9-14/h2-3,6-7,14H,4-5,8-11H2,1H3,(H2,16,17). The van der Waals surface area contributed by atoms with E-state index < -0.39 is 0 Å². The number of aliphatic imine (C=N–C) groups is 1. The molecule has 1 fully saturated rings. The summed E-state index contributed by atoms with van der Waals surface area (Å²) in [5, 5.41) is 0. The van der Waals surface area contributed by atoms with Crippen molar-refractivity contribution >= 4 is 5.84 Å². The number of benzene rings is 1. The Balaban J connectivity index is 1.86. The van der Waals surface area contributed by atoms with Gasteiger partial charge in [-0.2, -0.15) is 0 Å². The van der Waals surface area contributed by atoms with Crippen molar-refractivity contribution in [2.45, 2.75) is 39.0 Å². The Morgan fingerprint density at radius 3 is 2.71 bits per heavy atom. The van der Waals surface area contributed by atoms with E-state index in [-0.39, 0.29) is 0 Å². The molecular weight excluding hydrogens is 208 g/mol. The van der Waals surface area contributed by atoms with Crippen molar-refractivity contribution in [3.63, 3.8) is 0 Å². The van der Waals surface area contributed by atoms with Crippen LogP contribution in [0.25, 0.3) is 0 Å². The summed E-state index contributed by atoms with van der Waals surface area (Å²) in [6.07, 6.45) is 6.11. The zero-order valence-electron chi connectivity index (χ0n) is 10.7. The molecule has 2 rings (SSSR count). The van der Waals surface area contributed by atoms with Gasteiger partial charge in [0.15, 0.2) is 0 Å². The van der Waals surface area contributed by atoms with E-state index >= 15 is 0 Å². The minimum Gasteiger partial charge on any atom is -0.387 e. The van der Waals surface area contributed by atoms with E-state index in [4.69, 9.17) is 5.73 Å². The van der Waals surface area contributed by atoms with Crippen molar-refractivity contribution in [1.82, 2.24) is 0 Å². The molecule has 0 bridgehead atoms. The van der Waals surface area contributed by atoms with Gasteiger partial charge in [0.05, 0.1) is 5.84 Å². The van der Waals surface area contributed by atoms with E-state index in [1.807, 2.05) is 0 Å². The minimum atomic E-state index is 0.562. The van der Waals surface area contributed by atoms with E-state index in [1.54, 1.807) is 0 Å². The first kappa shape index (κ1) is 12.2. The minimum absolute atomic E-state index is 0.562. The fourth-order valence-corrected chi connectivity index (χ4v) is 2.55. The molecule has 0 atom stereocenters. The lowest BCUT2D eigenvalue weighted by atomic mass is 10.1. The zero-order chi connectivity index (χ0) is 12.1. The normalized spacial score (nSPS) is 17.6. The van der Waals surface area contributed by atoms with Crippen LogP contribution in [0.4, 0.5) is 0 Å². The lowest BCUT2D eigenvalue weighted by molar-refractivity contribution is 0.715. The number of nitrogens with zero attached hydrogens (tertiary/aromatic N) is 1. The van der Waals surface area contributed by atoms with Crippen LogP contribution in [0.15, 0.2) is 29.3 Å². The number of hydrogen-bond donors (Lipinski definition) is 1. The first-order valence-electron chi connectivity index (χ1n) is 6.61. The Morgan fingerprint density at radius 2 is 2.00 bits per heavy atom. The summed E-state index contributed by atoms with van der Waals surface area (Å²) < 4.78 is 0. The average Bonchev–Trinajstić information content (AvgIpc) is 2.85. The van der Waals surface area contributed by atoms with E-state index in [1.165, 1.54) is 36.8 Å². The fourth-order valence-electron chi connectivity index (χ4n) is 2.55. The summed E-state index contributed by atoms with van der Waals surface area (Å²) >= 11 is 0. The molecule has 0 unspecified atom stereocenters. The van der Waals surface area contributed by atoms with Gasteiger partial charge in [0.1, 0.15) is 0 Å². The fraction of sp³-hybridized carbons (Fsp3) is 0.533. The van der Waals surface area contributed by atoms with Gasteiger partial charge in [0, 0.05) is 12.5 Å². The second-order valence-corrected chi connectivity index (χ2v) is 4.96. The van der Waals surface area contributed by atoms with Gasteiger partial charge >= 0.3 is 0 Å². The number of amidine groups is 1. The van der Waals surface area contributed by atoms with E-state index in [0.717, 1.165) is 18.8 Å². The molecule has 17 heavy (non-hydrogen) atoms. The molecule has 0 aliphatic heterocycles. The second-order valence-electron chi connectivity index (χ2n) is 4.96. The Hall–Kier alpha value is -1.31. The van der Waals surface area contributed by atoms with Gasteiger partial charge in [-0.1, -0.05) is 37.1 Å². The number of hydrogen-bond acceptors (Lipinski definition) is 1. The van der Waals surface area contributed by atoms with Gasteiger partial charge in [-0.15, -0.1) is 0 Å². The summed E-state index contributed by atoms with van der Waals surface area (Å²) in [5.41, 5.74) is 8.77. The number of aryl methyl sites for hydroxylation is 1. The van der Waals surface area contributed by atoms with Gasteiger partial charge in [0.2, 0.25) is 0 Å². The lowest BCUT2D eigenvalue weighted by Crippen LogP contribution is -2.22. The molecule has 0 radical (unpaired) electrons. The quantitative estimate of drug-likeness (QED) is 0.626. The first-order chi connectivity index (χ1) is 8.27. The molecule has 0 saturated heterocycles. The summed E-state index contributed by atoms with van der Waals surface area (Å²) in [4.78, 5) is 4.54. The maximum atomic E-state index is 6.03. The van der Waals surface area contributed by atoms with Crippen LogP contribution in [0.2, 0.25) is 0 Å². The Morgan fingerprint density at radius 1 is 1.29 bits per heavy atom. The molecule has 0 spiro atoms. The highest BCUT2D eigenvalue weighted by Gasteiger charge is 2.17. The topological polar surface area (TPSA) is 38.4 Å². The lowest BCUT2D eigenvalue weighted by Gasteiger charge is -2.08. The largest absolute Gasteiger partial charge is 0.387 e. The summed E-state index contributed by atoms with van der Waals surface area (Å²) in [6.45, 7) is 2.98. The van der Waals surface area contributed by atoms with Crippen molar-refractivity contribution < 1.29 is 0 Å². The molecule has 92 valence electrons. The summed E-state index contributed by atoms with van der Waals surface area (Å²) in [5.74, 6) is 1.45. The molecule has 2 N–H and O–H groups in total. The van der Waals surface area contributed by atoms with Gasteiger partial charge in [0.25, 0.3) is 0 Å². The molecule has 0 heterocycles. The van der Waals surface area contributed by atoms with Crippen LogP contribution in [-0.4, -0.2) is 12.4 Å². The van der Waals surface area contributed by atoms with Crippen LogP contribution in [0.5, 0.6) is 0 Å². The van der Waals surface area contributed by atoms with Crippen molar-refractivity contribution in [1.29, 1.82) is 0 Å². The molecule has 1 aromatic rings. The van der Waals surface area contributed by atoms with Gasteiger partial charge in [-0.05, 0) is 37.3 Å². The third-order valence-electron chi connectivity index (χ3n) is 3.71. The Bertz CT molecular complexity index is 390.